The molecule has 0 radical (unpaired) electrons. The van der Waals surface area contributed by atoms with E-state index in [9.17, 15) is 4.39 Å². The van der Waals surface area contributed by atoms with E-state index in [0.29, 0.717) is 17.1 Å². The summed E-state index contributed by atoms with van der Waals surface area (Å²) >= 11 is 0. The maximum absolute atomic E-state index is 14.7. The first-order valence-corrected chi connectivity index (χ1v) is 7.46. The number of hydrogen-bond acceptors (Lipinski definition) is 3. The predicted molar refractivity (Wildman–Crippen MR) is 87.9 cm³/mol. The zero-order valence-electron chi connectivity index (χ0n) is 12.8. The summed E-state index contributed by atoms with van der Waals surface area (Å²) in [6.45, 7) is 1.97. The van der Waals surface area contributed by atoms with E-state index in [1.54, 1.807) is 12.3 Å². The number of benzene rings is 1. The number of pyridine rings is 1. The maximum Gasteiger partial charge on any atom is 1.00 e. The van der Waals surface area contributed by atoms with Gasteiger partial charge in [-0.15, -0.1) is 0 Å². The third kappa shape index (κ3) is 2.90. The predicted octanol–water partition coefficient (Wildman–Crippen LogP) is 3.87. The van der Waals surface area contributed by atoms with Gasteiger partial charge in [0.1, 0.15) is 0 Å². The average molecular weight is 369 g/mol. The smallest absolute Gasteiger partial charge is 0.443 e. The molecule has 3 aromatic rings. The van der Waals surface area contributed by atoms with Gasteiger partial charge in [-0.05, 0) is 23.2 Å². The van der Waals surface area contributed by atoms with Crippen LogP contribution in [0.25, 0.3) is 22.3 Å². The molecule has 2 unspecified atom stereocenters. The number of fused-ring (bicyclic) bond motifs is 1. The molecule has 24 heavy (non-hydrogen) atoms. The summed E-state index contributed by atoms with van der Waals surface area (Å²) in [5.41, 5.74) is 3.91. The maximum atomic E-state index is 14.7. The third-order valence-corrected chi connectivity index (χ3v) is 3.86. The quantitative estimate of drug-likeness (QED) is 0.659. The van der Waals surface area contributed by atoms with E-state index < -0.39 is 6.17 Å². The Morgan fingerprint density at radius 1 is 1.17 bits per heavy atom. The Labute approximate surface area is 149 Å². The van der Waals surface area contributed by atoms with Gasteiger partial charge in [-0.3, -0.25) is 4.99 Å². The van der Waals surface area contributed by atoms with Crippen LogP contribution >= 0.6 is 0 Å². The molecule has 6 heteroatoms. The topological polar surface area (TPSA) is 52.2 Å². The van der Waals surface area contributed by atoms with Crippen molar-refractivity contribution in [2.75, 3.05) is 0 Å². The van der Waals surface area contributed by atoms with Crippen molar-refractivity contribution in [2.45, 2.75) is 13.1 Å². The second-order valence-corrected chi connectivity index (χ2v) is 5.59. The van der Waals surface area contributed by atoms with Crippen molar-refractivity contribution in [2.24, 2.45) is 10.9 Å². The van der Waals surface area contributed by atoms with Crippen molar-refractivity contribution >= 4 is 17.2 Å². The number of halogens is 1. The summed E-state index contributed by atoms with van der Waals surface area (Å²) < 4.78 is 14.7. The molecule has 2 atom stereocenters. The van der Waals surface area contributed by atoms with Crippen LogP contribution in [0.15, 0.2) is 59.5 Å². The van der Waals surface area contributed by atoms with Gasteiger partial charge in [0.15, 0.2) is 6.17 Å². The number of para-hydroxylation sites is 1. The minimum atomic E-state index is -1.32. The minimum absolute atomic E-state index is 0. The Balaban J connectivity index is 0.00000169. The summed E-state index contributed by atoms with van der Waals surface area (Å²) in [4.78, 5) is 17.1. The molecule has 0 amide bonds. The number of alkyl halides is 1. The Bertz CT molecular complexity index is 931. The van der Waals surface area contributed by atoms with Crippen molar-refractivity contribution in [1.29, 1.82) is 0 Å². The van der Waals surface area contributed by atoms with E-state index in [1.807, 2.05) is 43.3 Å². The number of rotatable bonds is 3. The first-order valence-electron chi connectivity index (χ1n) is 7.46. The average Bonchev–Trinajstić information content (AvgIpc) is 3.22. The van der Waals surface area contributed by atoms with Crippen LogP contribution in [-0.4, -0.2) is 16.2 Å². The summed E-state index contributed by atoms with van der Waals surface area (Å²) in [7, 11) is 0. The van der Waals surface area contributed by atoms with E-state index >= 15 is 0 Å². The largest absolute Gasteiger partial charge is 1.00 e. The Morgan fingerprint density at radius 3 is 2.79 bits per heavy atom. The molecule has 0 aliphatic carbocycles. The molecule has 2 aromatic heterocycles. The molecule has 1 aromatic carbocycles. The zero-order chi connectivity index (χ0) is 15.8. The van der Waals surface area contributed by atoms with Crippen molar-refractivity contribution in [3.05, 3.63) is 60.2 Å². The van der Waals surface area contributed by atoms with Gasteiger partial charge in [0.2, 0.25) is 0 Å². The van der Waals surface area contributed by atoms with Crippen LogP contribution in [0.3, 0.4) is 0 Å². The molecule has 0 fully saturated rings. The van der Waals surface area contributed by atoms with Crippen LogP contribution in [0.5, 0.6) is 0 Å². The SMILES string of the molecule is CC1C=NC(C(F)c2cccc(-c3cccc4nc[n-]c34)n2)=C1.[Cu+]. The Morgan fingerprint density at radius 2 is 2.00 bits per heavy atom. The Hall–Kier alpha value is -2.30. The molecule has 3 heterocycles. The molecule has 4 nitrogen and oxygen atoms in total. The number of hydrogen-bond donors (Lipinski definition) is 0. The molecule has 0 N–H and O–H groups in total. The van der Waals surface area contributed by atoms with E-state index in [1.165, 1.54) is 6.33 Å². The van der Waals surface area contributed by atoms with Gasteiger partial charge in [0, 0.05) is 17.7 Å². The first-order chi connectivity index (χ1) is 11.2. The van der Waals surface area contributed by atoms with E-state index in [4.69, 9.17) is 0 Å². The van der Waals surface area contributed by atoms with Crippen LogP contribution in [0.4, 0.5) is 4.39 Å². The minimum Gasteiger partial charge on any atom is -0.443 e. The number of aromatic nitrogens is 3. The van der Waals surface area contributed by atoms with Crippen molar-refractivity contribution in [1.82, 2.24) is 15.0 Å². The third-order valence-electron chi connectivity index (χ3n) is 3.86. The van der Waals surface area contributed by atoms with Gasteiger partial charge >= 0.3 is 17.1 Å². The molecule has 0 bridgehead atoms. The second kappa shape index (κ2) is 6.67. The summed E-state index contributed by atoms with van der Waals surface area (Å²) in [5.74, 6) is 0.166. The number of aliphatic imine (C=N–C) groups is 1. The first kappa shape index (κ1) is 16.6. The number of imidazole rings is 1. The van der Waals surface area contributed by atoms with Gasteiger partial charge in [-0.2, -0.15) is 0 Å². The van der Waals surface area contributed by atoms with E-state index in [0.717, 1.165) is 16.6 Å². The molecular weight excluding hydrogens is 355 g/mol. The van der Waals surface area contributed by atoms with Gasteiger partial charge in [0.05, 0.1) is 17.1 Å². The van der Waals surface area contributed by atoms with Crippen LogP contribution in [0.1, 0.15) is 18.8 Å². The summed E-state index contributed by atoms with van der Waals surface area (Å²) in [6.07, 6.45) is 3.77. The van der Waals surface area contributed by atoms with Crippen LogP contribution in [0, 0.1) is 5.92 Å². The van der Waals surface area contributed by atoms with Gasteiger partial charge in [-0.25, -0.2) is 9.37 Å². The fourth-order valence-corrected chi connectivity index (χ4v) is 2.73. The van der Waals surface area contributed by atoms with Crippen LogP contribution in [-0.2, 0) is 17.1 Å². The van der Waals surface area contributed by atoms with Gasteiger partial charge in [-0.1, -0.05) is 43.6 Å². The number of allylic oxidation sites excluding steroid dienone is 2. The molecule has 124 valence electrons. The van der Waals surface area contributed by atoms with Crippen molar-refractivity contribution < 1.29 is 21.5 Å². The molecule has 0 saturated heterocycles. The molecule has 0 spiro atoms. The van der Waals surface area contributed by atoms with Crippen molar-refractivity contribution in [3.63, 3.8) is 0 Å². The van der Waals surface area contributed by atoms with Crippen LogP contribution in [0.2, 0.25) is 0 Å². The second-order valence-electron chi connectivity index (χ2n) is 5.59. The van der Waals surface area contributed by atoms with E-state index in [2.05, 4.69) is 19.9 Å². The molecule has 1 aliphatic heterocycles. The van der Waals surface area contributed by atoms with E-state index in [-0.39, 0.29) is 23.0 Å². The monoisotopic (exact) mass is 368 g/mol. The molecule has 1 aliphatic rings. The number of nitrogens with zero attached hydrogens (tertiary/aromatic N) is 4. The van der Waals surface area contributed by atoms with Crippen molar-refractivity contribution in [3.8, 4) is 11.3 Å². The normalized spacial score (nSPS) is 17.6. The molecule has 4 rings (SSSR count). The fraction of sp³-hybridized carbons (Fsp3) is 0.167. The molecule has 0 saturated carbocycles. The van der Waals surface area contributed by atoms with Gasteiger partial charge < -0.3 is 9.97 Å². The Kier molecular flexibility index (Phi) is 4.60. The molecular formula is C18H14CuFN4. The summed E-state index contributed by atoms with van der Waals surface area (Å²) in [5, 5.41) is 0. The standard InChI is InChI=1S/C18H14FN4.Cu/c1-11-8-16(20-9-11)17(19)14-6-3-5-13(23-14)12-4-2-7-15-18(12)22-10-21-15;/h2-11,17H,1H3;/q-1;+1. The van der Waals surface area contributed by atoms with Gasteiger partial charge in [0.25, 0.3) is 0 Å². The zero-order valence-corrected chi connectivity index (χ0v) is 13.8. The summed E-state index contributed by atoms with van der Waals surface area (Å²) in [6, 6.07) is 11.1. The van der Waals surface area contributed by atoms with Crippen LogP contribution < -0.4 is 4.98 Å². The fourth-order valence-electron chi connectivity index (χ4n) is 2.73.